The van der Waals surface area contributed by atoms with E-state index in [2.05, 4.69) is 0 Å². The first kappa shape index (κ1) is 19.7. The van der Waals surface area contributed by atoms with E-state index in [0.29, 0.717) is 27.9 Å². The number of carbonyl (C=O) groups excluding carboxylic acids is 3. The van der Waals surface area contributed by atoms with Crippen LogP contribution in [0, 0.1) is 0 Å². The van der Waals surface area contributed by atoms with Crippen LogP contribution in [-0.2, 0) is 24.0 Å². The average Bonchev–Trinajstić information content (AvgIpc) is 3.05. The van der Waals surface area contributed by atoms with Crippen molar-refractivity contribution in [1.82, 2.24) is 4.90 Å². The van der Waals surface area contributed by atoms with Crippen LogP contribution in [0.4, 0.5) is 5.69 Å². The van der Waals surface area contributed by atoms with E-state index in [-0.39, 0.29) is 14.8 Å². The van der Waals surface area contributed by atoms with Gasteiger partial charge in [0, 0.05) is 12.5 Å². The Bertz CT molecular complexity index is 1000. The predicted molar refractivity (Wildman–Crippen MR) is 102 cm³/mol. The number of carboxylic acids is 2. The molecule has 3 amide bonds. The number of hydrogen-bond acceptors (Lipinski definition) is 7. The van der Waals surface area contributed by atoms with Crippen molar-refractivity contribution in [2.45, 2.75) is 19.4 Å². The van der Waals surface area contributed by atoms with Gasteiger partial charge in [0.25, 0.3) is 11.8 Å². The summed E-state index contributed by atoms with van der Waals surface area (Å²) in [6, 6.07) is 4.65. The fourth-order valence-electron chi connectivity index (χ4n) is 3.00. The van der Waals surface area contributed by atoms with Crippen molar-refractivity contribution < 1.29 is 34.2 Å². The third-order valence-electron chi connectivity index (χ3n) is 4.14. The zero-order chi connectivity index (χ0) is 20.7. The van der Waals surface area contributed by atoms with Crippen molar-refractivity contribution in [2.75, 3.05) is 4.90 Å². The third-order valence-corrected chi connectivity index (χ3v) is 5.54. The molecule has 2 N–H and O–H groups in total. The number of para-hydroxylation sites is 1. The van der Waals surface area contributed by atoms with Gasteiger partial charge in [-0.15, -0.1) is 0 Å². The molecule has 0 aromatic heterocycles. The van der Waals surface area contributed by atoms with E-state index in [9.17, 15) is 29.1 Å². The molecule has 0 unspecified atom stereocenters. The zero-order valence-corrected chi connectivity index (χ0v) is 15.9. The van der Waals surface area contributed by atoms with Gasteiger partial charge in [-0.05, 0) is 6.07 Å². The molecular formula is C17H12N2O7S2. The summed E-state index contributed by atoms with van der Waals surface area (Å²) in [5.74, 6) is -5.10. The topological polar surface area (TPSA) is 132 Å². The number of carboxylic acid groups (broad SMARTS) is 2. The van der Waals surface area contributed by atoms with Gasteiger partial charge in [0.1, 0.15) is 10.4 Å². The van der Waals surface area contributed by atoms with Crippen LogP contribution >= 0.6 is 24.0 Å². The number of benzene rings is 1. The van der Waals surface area contributed by atoms with Crippen molar-refractivity contribution in [3.05, 3.63) is 34.7 Å². The summed E-state index contributed by atoms with van der Waals surface area (Å²) in [5.41, 5.74) is 0.582. The van der Waals surface area contributed by atoms with Crippen LogP contribution in [0.1, 0.15) is 18.9 Å². The average molecular weight is 420 g/mol. The van der Waals surface area contributed by atoms with Gasteiger partial charge in [-0.1, -0.05) is 42.2 Å². The lowest BCUT2D eigenvalue weighted by atomic mass is 10.1. The van der Waals surface area contributed by atoms with Crippen molar-refractivity contribution in [3.8, 4) is 0 Å². The molecule has 11 heteroatoms. The molecule has 0 bridgehead atoms. The summed E-state index contributed by atoms with van der Waals surface area (Å²) in [4.78, 5) is 61.6. The Hall–Kier alpha value is -3.05. The summed E-state index contributed by atoms with van der Waals surface area (Å²) < 4.78 is -0.173. The number of nitrogens with zero attached hydrogens (tertiary/aromatic N) is 2. The summed E-state index contributed by atoms with van der Waals surface area (Å²) in [7, 11) is 0. The minimum absolute atomic E-state index is 0.0647. The highest BCUT2D eigenvalue weighted by molar-refractivity contribution is 8.26. The molecule has 0 aliphatic carbocycles. The maximum Gasteiger partial charge on any atom is 0.327 e. The summed E-state index contributed by atoms with van der Waals surface area (Å²) in [5, 5.41) is 18.3. The number of fused-ring (bicyclic) bond motifs is 1. The van der Waals surface area contributed by atoms with Gasteiger partial charge in [-0.2, -0.15) is 0 Å². The van der Waals surface area contributed by atoms with Gasteiger partial charge in [0.15, 0.2) is 0 Å². The lowest BCUT2D eigenvalue weighted by molar-refractivity contribution is -0.150. The largest absolute Gasteiger partial charge is 0.481 e. The molecule has 2 aliphatic rings. The summed E-state index contributed by atoms with van der Waals surface area (Å²) in [6.45, 7) is 1.20. The van der Waals surface area contributed by atoms with E-state index >= 15 is 0 Å². The van der Waals surface area contributed by atoms with Crippen LogP contribution in [0.2, 0.25) is 0 Å². The van der Waals surface area contributed by atoms with Crippen LogP contribution in [0.15, 0.2) is 29.2 Å². The molecule has 0 saturated carbocycles. The van der Waals surface area contributed by atoms with Crippen LogP contribution in [0.25, 0.3) is 5.57 Å². The number of rotatable bonds is 4. The first-order valence-electron chi connectivity index (χ1n) is 7.83. The first-order chi connectivity index (χ1) is 13.1. The molecule has 9 nitrogen and oxygen atoms in total. The maximum atomic E-state index is 12.9. The Labute approximate surface area is 167 Å². The zero-order valence-electron chi connectivity index (χ0n) is 14.2. The quantitative estimate of drug-likeness (QED) is 0.542. The molecule has 0 spiro atoms. The Balaban J connectivity index is 2.13. The van der Waals surface area contributed by atoms with E-state index in [1.165, 1.54) is 6.92 Å². The molecule has 1 aromatic rings. The van der Waals surface area contributed by atoms with Gasteiger partial charge < -0.3 is 10.2 Å². The smallest absolute Gasteiger partial charge is 0.327 e. The molecule has 0 radical (unpaired) electrons. The Morgan fingerprint density at radius 1 is 1.14 bits per heavy atom. The highest BCUT2D eigenvalue weighted by atomic mass is 32.2. The monoisotopic (exact) mass is 420 g/mol. The van der Waals surface area contributed by atoms with Crippen molar-refractivity contribution in [3.63, 3.8) is 0 Å². The van der Waals surface area contributed by atoms with E-state index < -0.39 is 42.1 Å². The van der Waals surface area contributed by atoms with E-state index in [0.717, 1.165) is 4.90 Å². The molecule has 1 atom stereocenters. The van der Waals surface area contributed by atoms with E-state index in [1.807, 2.05) is 0 Å². The van der Waals surface area contributed by atoms with E-state index in [4.69, 9.17) is 17.3 Å². The Morgan fingerprint density at radius 2 is 1.79 bits per heavy atom. The van der Waals surface area contributed by atoms with E-state index in [1.54, 1.807) is 24.3 Å². The molecule has 28 heavy (non-hydrogen) atoms. The van der Waals surface area contributed by atoms with Crippen molar-refractivity contribution >= 4 is 69.2 Å². The second-order valence-electron chi connectivity index (χ2n) is 5.88. The Kier molecular flexibility index (Phi) is 5.04. The summed E-state index contributed by atoms with van der Waals surface area (Å²) in [6.07, 6.45) is -0.853. The van der Waals surface area contributed by atoms with Gasteiger partial charge in [-0.25, -0.2) is 9.69 Å². The minimum Gasteiger partial charge on any atom is -0.481 e. The molecule has 144 valence electrons. The predicted octanol–water partition coefficient (Wildman–Crippen LogP) is 1.08. The number of hydrogen-bond donors (Lipinski definition) is 2. The van der Waals surface area contributed by atoms with Crippen LogP contribution in [0.3, 0.4) is 0 Å². The number of anilines is 1. The second kappa shape index (κ2) is 7.17. The summed E-state index contributed by atoms with van der Waals surface area (Å²) >= 11 is 5.79. The standard InChI is InChI=1S/C17H12N2O7S2/c1-7(20)18-9-5-3-2-4-8(9)12(14(18)23)13-15(24)19(17(27)28-13)10(16(25)26)6-11(21)22/h2-5,10H,6H2,1H3,(H,21,22)(H,25,26)/b13-12-/t10-/m0/s1. The van der Waals surface area contributed by atoms with Crippen LogP contribution in [-0.4, -0.2) is 55.1 Å². The highest BCUT2D eigenvalue weighted by Gasteiger charge is 2.46. The number of amides is 3. The number of carbonyl (C=O) groups is 5. The third kappa shape index (κ3) is 3.08. The maximum absolute atomic E-state index is 12.9. The molecular weight excluding hydrogens is 408 g/mol. The second-order valence-corrected chi connectivity index (χ2v) is 7.52. The molecule has 3 rings (SSSR count). The van der Waals surface area contributed by atoms with Gasteiger partial charge >= 0.3 is 11.9 Å². The molecule has 1 aromatic carbocycles. The van der Waals surface area contributed by atoms with Crippen molar-refractivity contribution in [1.29, 1.82) is 0 Å². The lowest BCUT2D eigenvalue weighted by Gasteiger charge is -2.21. The Morgan fingerprint density at radius 3 is 2.36 bits per heavy atom. The number of thiocarbonyl (C=S) groups is 1. The van der Waals surface area contributed by atoms with Gasteiger partial charge in [0.2, 0.25) is 5.91 Å². The fourth-order valence-corrected chi connectivity index (χ4v) is 4.43. The number of imide groups is 1. The van der Waals surface area contributed by atoms with Crippen LogP contribution in [0.5, 0.6) is 0 Å². The number of aliphatic carboxylic acids is 2. The van der Waals surface area contributed by atoms with Gasteiger partial charge in [-0.3, -0.25) is 24.1 Å². The fraction of sp³-hybridized carbons (Fsp3) is 0.176. The van der Waals surface area contributed by atoms with Crippen LogP contribution < -0.4 is 4.90 Å². The molecule has 1 saturated heterocycles. The highest BCUT2D eigenvalue weighted by Crippen LogP contribution is 2.45. The van der Waals surface area contributed by atoms with Gasteiger partial charge in [0.05, 0.1) is 22.6 Å². The molecule has 1 fully saturated rings. The molecule has 2 heterocycles. The minimum atomic E-state index is -1.71. The molecule has 2 aliphatic heterocycles. The number of thioether (sulfide) groups is 1. The first-order valence-corrected chi connectivity index (χ1v) is 9.06. The van der Waals surface area contributed by atoms with Crippen molar-refractivity contribution in [2.24, 2.45) is 0 Å². The normalized spacial score (nSPS) is 19.8. The lowest BCUT2D eigenvalue weighted by Crippen LogP contribution is -2.45. The SMILES string of the molecule is CC(=O)N1C(=O)/C(=C2\SC(=S)N([C@@H](CC(=O)O)C(=O)O)C2=O)c2ccccc21.